The van der Waals surface area contributed by atoms with Gasteiger partial charge in [0.05, 0.1) is 6.61 Å². The second-order valence-corrected chi connectivity index (χ2v) is 6.70. The summed E-state index contributed by atoms with van der Waals surface area (Å²) < 4.78 is 20.0. The van der Waals surface area contributed by atoms with E-state index in [9.17, 15) is 14.2 Å². The molecule has 23 heavy (non-hydrogen) atoms. The van der Waals surface area contributed by atoms with E-state index in [0.29, 0.717) is 32.2 Å². The molecule has 134 valence electrons. The molecule has 0 bridgehead atoms. The topological polar surface area (TPSA) is 102 Å². The van der Waals surface area contributed by atoms with Crippen LogP contribution in [0.4, 0.5) is 0 Å². The van der Waals surface area contributed by atoms with Gasteiger partial charge in [-0.25, -0.2) is 4.57 Å². The lowest BCUT2D eigenvalue weighted by Gasteiger charge is -2.08. The van der Waals surface area contributed by atoms with Gasteiger partial charge in [-0.3, -0.25) is 18.6 Å². The molecule has 0 aliphatic carbocycles. The molecule has 0 saturated carbocycles. The molecule has 0 aromatic carbocycles. The Hall–Kier alpha value is -1.01. The third-order valence-corrected chi connectivity index (χ3v) is 4.17. The number of phosphoric ester groups is 1. The van der Waals surface area contributed by atoms with Crippen molar-refractivity contribution in [3.05, 3.63) is 12.7 Å². The lowest BCUT2D eigenvalue weighted by atomic mass is 10.1. The van der Waals surface area contributed by atoms with Crippen LogP contribution in [0.15, 0.2) is 12.7 Å². The summed E-state index contributed by atoms with van der Waals surface area (Å²) in [5.41, 5.74) is 0. The maximum Gasteiger partial charge on any atom is 0.471 e. The number of rotatable bonds is 15. The molecule has 1 unspecified atom stereocenters. The third-order valence-electron chi connectivity index (χ3n) is 3.20. The second-order valence-electron chi connectivity index (χ2n) is 5.14. The van der Waals surface area contributed by atoms with Crippen molar-refractivity contribution < 1.29 is 28.1 Å². The van der Waals surface area contributed by atoms with E-state index in [-0.39, 0.29) is 18.3 Å². The largest absolute Gasteiger partial charge is 0.471 e. The number of ketones is 1. The molecule has 8 heteroatoms. The molecule has 0 radical (unpaired) electrons. The highest BCUT2D eigenvalue weighted by molar-refractivity contribution is 7.47. The zero-order chi connectivity index (χ0) is 17.6. The standard InChI is InChI=1S/C15H28NO6P/c1-3-15(18)16-12-9-11-14(17)10-7-5-4-6-8-13-22-23(19,20)21-2/h3H,1,4-13H2,2H3,(H,16,18)(H,19,20). The second kappa shape index (κ2) is 13.4. The number of phosphoric acid groups is 1. The molecular weight excluding hydrogens is 321 g/mol. The van der Waals surface area contributed by atoms with Crippen LogP contribution in [0.3, 0.4) is 0 Å². The van der Waals surface area contributed by atoms with Crippen LogP contribution in [-0.4, -0.2) is 36.8 Å². The van der Waals surface area contributed by atoms with E-state index in [1.165, 1.54) is 6.08 Å². The van der Waals surface area contributed by atoms with Crippen LogP contribution in [0.2, 0.25) is 0 Å². The van der Waals surface area contributed by atoms with Gasteiger partial charge in [0.1, 0.15) is 5.78 Å². The molecule has 0 aromatic rings. The van der Waals surface area contributed by atoms with Crippen molar-refractivity contribution in [1.82, 2.24) is 5.32 Å². The lowest BCUT2D eigenvalue weighted by molar-refractivity contribution is -0.120. The van der Waals surface area contributed by atoms with E-state index in [1.54, 1.807) is 0 Å². The number of hydrogen-bond acceptors (Lipinski definition) is 5. The Labute approximate surface area is 138 Å². The molecule has 1 atom stereocenters. The molecule has 0 aliphatic heterocycles. The van der Waals surface area contributed by atoms with Gasteiger partial charge in [-0.15, -0.1) is 0 Å². The lowest BCUT2D eigenvalue weighted by Crippen LogP contribution is -2.22. The predicted octanol–water partition coefficient (Wildman–Crippen LogP) is 2.74. The Morgan fingerprint density at radius 2 is 1.74 bits per heavy atom. The minimum absolute atomic E-state index is 0.191. The fraction of sp³-hybridized carbons (Fsp3) is 0.733. The number of carbonyl (C=O) groups excluding carboxylic acids is 2. The summed E-state index contributed by atoms with van der Waals surface area (Å²) in [6.45, 7) is 4.03. The van der Waals surface area contributed by atoms with Crippen LogP contribution in [0, 0.1) is 0 Å². The van der Waals surface area contributed by atoms with E-state index in [1.807, 2.05) is 0 Å². The maximum atomic E-state index is 11.6. The minimum Gasteiger partial charge on any atom is -0.353 e. The highest BCUT2D eigenvalue weighted by Crippen LogP contribution is 2.41. The van der Waals surface area contributed by atoms with E-state index in [2.05, 4.69) is 16.4 Å². The zero-order valence-corrected chi connectivity index (χ0v) is 14.7. The zero-order valence-electron chi connectivity index (χ0n) is 13.8. The van der Waals surface area contributed by atoms with Crippen molar-refractivity contribution in [2.75, 3.05) is 20.3 Å². The number of unbranched alkanes of at least 4 members (excludes halogenated alkanes) is 4. The van der Waals surface area contributed by atoms with Crippen molar-refractivity contribution in [2.24, 2.45) is 0 Å². The molecule has 2 N–H and O–H groups in total. The first-order chi connectivity index (χ1) is 10.9. The van der Waals surface area contributed by atoms with E-state index in [0.717, 1.165) is 32.8 Å². The van der Waals surface area contributed by atoms with Gasteiger partial charge in [-0.05, 0) is 25.3 Å². The fourth-order valence-corrected chi connectivity index (χ4v) is 2.35. The van der Waals surface area contributed by atoms with Crippen molar-refractivity contribution in [2.45, 2.75) is 51.4 Å². The van der Waals surface area contributed by atoms with Gasteiger partial charge in [-0.1, -0.05) is 25.8 Å². The van der Waals surface area contributed by atoms with Gasteiger partial charge in [0.15, 0.2) is 0 Å². The van der Waals surface area contributed by atoms with E-state index in [4.69, 9.17) is 9.42 Å². The van der Waals surface area contributed by atoms with Gasteiger partial charge in [-0.2, -0.15) is 0 Å². The van der Waals surface area contributed by atoms with Gasteiger partial charge < -0.3 is 10.2 Å². The van der Waals surface area contributed by atoms with E-state index < -0.39 is 7.82 Å². The minimum atomic E-state index is -3.85. The highest BCUT2D eigenvalue weighted by Gasteiger charge is 2.17. The Morgan fingerprint density at radius 1 is 1.13 bits per heavy atom. The van der Waals surface area contributed by atoms with Crippen LogP contribution < -0.4 is 5.32 Å². The molecular formula is C15H28NO6P. The van der Waals surface area contributed by atoms with Crippen molar-refractivity contribution >= 4 is 19.5 Å². The molecule has 7 nitrogen and oxygen atoms in total. The number of amides is 1. The van der Waals surface area contributed by atoms with E-state index >= 15 is 0 Å². The summed E-state index contributed by atoms with van der Waals surface area (Å²) in [5.74, 6) is -0.00743. The van der Waals surface area contributed by atoms with Crippen molar-refractivity contribution in [1.29, 1.82) is 0 Å². The van der Waals surface area contributed by atoms with Gasteiger partial charge in [0.2, 0.25) is 5.91 Å². The molecule has 0 rings (SSSR count). The molecule has 1 amide bonds. The third kappa shape index (κ3) is 14.3. The molecule has 0 heterocycles. The molecule has 0 saturated heterocycles. The average molecular weight is 349 g/mol. The van der Waals surface area contributed by atoms with Crippen LogP contribution >= 0.6 is 7.82 Å². The summed E-state index contributed by atoms with van der Waals surface area (Å²) in [7, 11) is -2.72. The number of nitrogens with one attached hydrogen (secondary N) is 1. The Balaban J connectivity index is 3.37. The smallest absolute Gasteiger partial charge is 0.353 e. The first-order valence-corrected chi connectivity index (χ1v) is 9.36. The normalized spacial score (nSPS) is 13.3. The average Bonchev–Trinajstić information content (AvgIpc) is 2.53. The van der Waals surface area contributed by atoms with Crippen molar-refractivity contribution in [3.8, 4) is 0 Å². The molecule has 0 aromatic heterocycles. The number of hydrogen-bond donors (Lipinski definition) is 2. The molecule has 0 fully saturated rings. The predicted molar refractivity (Wildman–Crippen MR) is 87.9 cm³/mol. The summed E-state index contributed by atoms with van der Waals surface area (Å²) >= 11 is 0. The fourth-order valence-electron chi connectivity index (χ4n) is 1.88. The van der Waals surface area contributed by atoms with Gasteiger partial charge >= 0.3 is 7.82 Å². The quantitative estimate of drug-likeness (QED) is 0.268. The highest BCUT2D eigenvalue weighted by atomic mass is 31.2. The summed E-state index contributed by atoms with van der Waals surface area (Å²) in [6, 6.07) is 0. The Bertz CT molecular complexity index is 413. The first kappa shape index (κ1) is 22.0. The first-order valence-electron chi connectivity index (χ1n) is 7.86. The Morgan fingerprint density at radius 3 is 2.39 bits per heavy atom. The molecule has 0 spiro atoms. The van der Waals surface area contributed by atoms with Crippen LogP contribution in [0.1, 0.15) is 51.4 Å². The molecule has 0 aliphatic rings. The van der Waals surface area contributed by atoms with Gasteiger partial charge in [0, 0.05) is 26.5 Å². The van der Waals surface area contributed by atoms with Gasteiger partial charge in [0.25, 0.3) is 0 Å². The van der Waals surface area contributed by atoms with Crippen LogP contribution in [-0.2, 0) is 23.2 Å². The maximum absolute atomic E-state index is 11.6. The number of carbonyl (C=O) groups is 2. The number of Topliss-reactive ketones (excluding diaryl/α,β-unsaturated/α-hetero) is 1. The summed E-state index contributed by atoms with van der Waals surface area (Å²) in [4.78, 5) is 31.5. The Kier molecular flexibility index (Phi) is 12.8. The summed E-state index contributed by atoms with van der Waals surface area (Å²) in [5, 5.41) is 2.63. The van der Waals surface area contributed by atoms with Crippen LogP contribution in [0.25, 0.3) is 0 Å². The monoisotopic (exact) mass is 349 g/mol. The SMILES string of the molecule is C=CC(=O)NCCCC(=O)CCCCCCCOP(=O)(O)OC. The summed E-state index contributed by atoms with van der Waals surface area (Å²) in [6.07, 6.45) is 7.20. The van der Waals surface area contributed by atoms with Crippen LogP contribution in [0.5, 0.6) is 0 Å². The van der Waals surface area contributed by atoms with Crippen molar-refractivity contribution in [3.63, 3.8) is 0 Å².